The van der Waals surface area contributed by atoms with Gasteiger partial charge in [-0.3, -0.25) is 9.48 Å². The summed E-state index contributed by atoms with van der Waals surface area (Å²) in [4.78, 5) is 11.6. The first-order valence-corrected chi connectivity index (χ1v) is 4.98. The van der Waals surface area contributed by atoms with Gasteiger partial charge in [0.25, 0.3) is 0 Å². The highest BCUT2D eigenvalue weighted by Crippen LogP contribution is 2.27. The van der Waals surface area contributed by atoms with Crippen LogP contribution in [0, 0.1) is 12.8 Å². The van der Waals surface area contributed by atoms with Crippen LogP contribution in [-0.2, 0) is 11.8 Å². The first-order valence-electron chi connectivity index (χ1n) is 4.98. The predicted molar refractivity (Wildman–Crippen MR) is 53.9 cm³/mol. The third kappa shape index (κ3) is 1.64. The summed E-state index contributed by atoms with van der Waals surface area (Å²) in [5, 5.41) is 7.06. The molecule has 1 aliphatic rings. The second-order valence-electron chi connectivity index (χ2n) is 3.91. The molecule has 1 N–H and O–H groups in total. The topological polar surface area (TPSA) is 46.9 Å². The van der Waals surface area contributed by atoms with E-state index in [2.05, 4.69) is 10.4 Å². The average Bonchev–Trinajstić information content (AvgIpc) is 2.26. The first kappa shape index (κ1) is 9.24. The molecule has 14 heavy (non-hydrogen) atoms. The average molecular weight is 193 g/mol. The zero-order chi connectivity index (χ0) is 10.1. The number of nitrogens with one attached hydrogen (secondary N) is 1. The number of amides is 1. The third-order valence-electron chi connectivity index (χ3n) is 2.73. The van der Waals surface area contributed by atoms with Crippen LogP contribution >= 0.6 is 0 Å². The van der Waals surface area contributed by atoms with Gasteiger partial charge >= 0.3 is 0 Å². The van der Waals surface area contributed by atoms with Gasteiger partial charge in [0.15, 0.2) is 0 Å². The number of nitrogens with zero attached hydrogens (tertiary/aromatic N) is 2. The minimum absolute atomic E-state index is 0.138. The van der Waals surface area contributed by atoms with E-state index < -0.39 is 0 Å². The number of rotatable bonds is 2. The number of hydrogen-bond donors (Lipinski definition) is 1. The van der Waals surface area contributed by atoms with Crippen LogP contribution in [0.1, 0.15) is 25.0 Å². The maximum Gasteiger partial charge on any atom is 0.228 e. The zero-order valence-electron chi connectivity index (χ0n) is 8.58. The lowest BCUT2D eigenvalue weighted by molar-refractivity contribution is -0.122. The van der Waals surface area contributed by atoms with E-state index >= 15 is 0 Å². The molecule has 0 spiro atoms. The van der Waals surface area contributed by atoms with E-state index in [0.717, 1.165) is 24.4 Å². The lowest BCUT2D eigenvalue weighted by atomic mass is 9.85. The Labute approximate surface area is 83.3 Å². The minimum atomic E-state index is 0.138. The van der Waals surface area contributed by atoms with Crippen LogP contribution in [0.4, 0.5) is 5.82 Å². The number of aromatic nitrogens is 2. The van der Waals surface area contributed by atoms with E-state index in [0.29, 0.717) is 0 Å². The molecule has 0 unspecified atom stereocenters. The molecular weight excluding hydrogens is 178 g/mol. The van der Waals surface area contributed by atoms with Crippen LogP contribution in [-0.4, -0.2) is 15.7 Å². The zero-order valence-corrected chi connectivity index (χ0v) is 8.58. The smallest absolute Gasteiger partial charge is 0.228 e. The Hall–Kier alpha value is -1.32. The Morgan fingerprint density at radius 1 is 1.64 bits per heavy atom. The van der Waals surface area contributed by atoms with E-state index in [-0.39, 0.29) is 11.8 Å². The monoisotopic (exact) mass is 193 g/mol. The van der Waals surface area contributed by atoms with Crippen molar-refractivity contribution in [1.82, 2.24) is 9.78 Å². The van der Waals surface area contributed by atoms with Crippen molar-refractivity contribution < 1.29 is 4.79 Å². The largest absolute Gasteiger partial charge is 0.311 e. The summed E-state index contributed by atoms with van der Waals surface area (Å²) in [5.41, 5.74) is 0.927. The highest BCUT2D eigenvalue weighted by atomic mass is 16.2. The van der Waals surface area contributed by atoms with Crippen LogP contribution < -0.4 is 5.32 Å². The molecule has 0 radical (unpaired) electrons. The van der Waals surface area contributed by atoms with Gasteiger partial charge in [0, 0.05) is 19.0 Å². The summed E-state index contributed by atoms with van der Waals surface area (Å²) in [6.45, 7) is 1.92. The van der Waals surface area contributed by atoms with Gasteiger partial charge in [0.1, 0.15) is 5.82 Å². The highest BCUT2D eigenvalue weighted by molar-refractivity contribution is 5.92. The van der Waals surface area contributed by atoms with Crippen LogP contribution in [0.2, 0.25) is 0 Å². The van der Waals surface area contributed by atoms with Crippen molar-refractivity contribution >= 4 is 11.7 Å². The van der Waals surface area contributed by atoms with E-state index in [1.54, 1.807) is 4.68 Å². The van der Waals surface area contributed by atoms with Crippen molar-refractivity contribution in [2.24, 2.45) is 13.0 Å². The number of anilines is 1. The van der Waals surface area contributed by atoms with Crippen LogP contribution in [0.5, 0.6) is 0 Å². The fourth-order valence-corrected chi connectivity index (χ4v) is 1.63. The maximum atomic E-state index is 11.6. The summed E-state index contributed by atoms with van der Waals surface area (Å²) in [5.74, 6) is 1.16. The number of hydrogen-bond acceptors (Lipinski definition) is 2. The Morgan fingerprint density at radius 3 is 2.79 bits per heavy atom. The van der Waals surface area contributed by atoms with E-state index in [4.69, 9.17) is 0 Å². The third-order valence-corrected chi connectivity index (χ3v) is 2.73. The first-order chi connectivity index (χ1) is 6.66. The molecule has 4 heteroatoms. The summed E-state index contributed by atoms with van der Waals surface area (Å²) in [6.07, 6.45) is 3.24. The molecule has 1 saturated carbocycles. The summed E-state index contributed by atoms with van der Waals surface area (Å²) in [6, 6.07) is 1.89. The normalized spacial score (nSPS) is 16.4. The molecule has 2 rings (SSSR count). The fraction of sp³-hybridized carbons (Fsp3) is 0.600. The van der Waals surface area contributed by atoms with Crippen LogP contribution in [0.15, 0.2) is 6.07 Å². The molecule has 1 heterocycles. The Kier molecular flexibility index (Phi) is 2.27. The van der Waals surface area contributed by atoms with Gasteiger partial charge in [-0.2, -0.15) is 5.10 Å². The van der Waals surface area contributed by atoms with Crippen molar-refractivity contribution in [2.45, 2.75) is 26.2 Å². The van der Waals surface area contributed by atoms with Gasteiger partial charge in [-0.05, 0) is 19.8 Å². The van der Waals surface area contributed by atoms with Gasteiger partial charge in [0.2, 0.25) is 5.91 Å². The van der Waals surface area contributed by atoms with E-state index in [1.165, 1.54) is 6.42 Å². The molecule has 0 saturated heterocycles. The molecule has 0 aliphatic heterocycles. The predicted octanol–water partition coefficient (Wildman–Crippen LogP) is 1.47. The van der Waals surface area contributed by atoms with Crippen molar-refractivity contribution in [3.63, 3.8) is 0 Å². The van der Waals surface area contributed by atoms with Crippen molar-refractivity contribution in [1.29, 1.82) is 0 Å². The summed E-state index contributed by atoms with van der Waals surface area (Å²) in [7, 11) is 1.84. The molecule has 76 valence electrons. The molecule has 4 nitrogen and oxygen atoms in total. The molecule has 1 aromatic rings. The van der Waals surface area contributed by atoms with Crippen LogP contribution in [0.3, 0.4) is 0 Å². The molecule has 1 amide bonds. The lowest BCUT2D eigenvalue weighted by Gasteiger charge is -2.23. The van der Waals surface area contributed by atoms with Gasteiger partial charge in [-0.15, -0.1) is 0 Å². The minimum Gasteiger partial charge on any atom is -0.311 e. The molecule has 1 aliphatic carbocycles. The number of carbonyl (C=O) groups excluding carboxylic acids is 1. The second kappa shape index (κ2) is 3.44. The summed E-state index contributed by atoms with van der Waals surface area (Å²) >= 11 is 0. The summed E-state index contributed by atoms with van der Waals surface area (Å²) < 4.78 is 1.70. The number of aryl methyl sites for hydroxylation is 2. The Morgan fingerprint density at radius 2 is 2.36 bits per heavy atom. The van der Waals surface area contributed by atoms with E-state index in [9.17, 15) is 4.79 Å². The van der Waals surface area contributed by atoms with Gasteiger partial charge in [-0.25, -0.2) is 0 Å². The Bertz CT molecular complexity index is 352. The second-order valence-corrected chi connectivity index (χ2v) is 3.91. The highest BCUT2D eigenvalue weighted by Gasteiger charge is 2.25. The Balaban J connectivity index is 2.02. The standard InChI is InChI=1S/C10H15N3O/c1-7-6-9(13(2)12-7)11-10(14)8-4-3-5-8/h6,8H,3-5H2,1-2H3,(H,11,14). The molecule has 1 aromatic heterocycles. The van der Waals surface area contributed by atoms with Crippen LogP contribution in [0.25, 0.3) is 0 Å². The quantitative estimate of drug-likeness (QED) is 0.773. The molecule has 1 fully saturated rings. The van der Waals surface area contributed by atoms with Gasteiger partial charge in [0.05, 0.1) is 5.69 Å². The van der Waals surface area contributed by atoms with Crippen molar-refractivity contribution in [3.8, 4) is 0 Å². The molecule has 0 atom stereocenters. The fourth-order valence-electron chi connectivity index (χ4n) is 1.63. The van der Waals surface area contributed by atoms with E-state index in [1.807, 2.05) is 20.0 Å². The van der Waals surface area contributed by atoms with Gasteiger partial charge in [-0.1, -0.05) is 6.42 Å². The molecule has 0 bridgehead atoms. The van der Waals surface area contributed by atoms with Gasteiger partial charge < -0.3 is 5.32 Å². The molecular formula is C10H15N3O. The maximum absolute atomic E-state index is 11.6. The van der Waals surface area contributed by atoms with Crippen molar-refractivity contribution in [2.75, 3.05) is 5.32 Å². The number of carbonyl (C=O) groups is 1. The SMILES string of the molecule is Cc1cc(NC(=O)C2CCC2)n(C)n1. The molecule has 0 aromatic carbocycles. The lowest BCUT2D eigenvalue weighted by Crippen LogP contribution is -2.28. The van der Waals surface area contributed by atoms with Crippen molar-refractivity contribution in [3.05, 3.63) is 11.8 Å².